The molecule has 0 aliphatic heterocycles. The number of benzene rings is 1. The van der Waals surface area contributed by atoms with E-state index in [2.05, 4.69) is 21.2 Å². The molecule has 3 nitrogen and oxygen atoms in total. The van der Waals surface area contributed by atoms with Gasteiger partial charge in [0.1, 0.15) is 0 Å². The van der Waals surface area contributed by atoms with Gasteiger partial charge in [0, 0.05) is 17.1 Å². The summed E-state index contributed by atoms with van der Waals surface area (Å²) in [6.07, 6.45) is 2.66. The van der Waals surface area contributed by atoms with E-state index in [-0.39, 0.29) is 12.5 Å². The van der Waals surface area contributed by atoms with Crippen molar-refractivity contribution in [3.05, 3.63) is 39.9 Å². The predicted molar refractivity (Wildman–Crippen MR) is 72.6 cm³/mol. The maximum absolute atomic E-state index is 11.4. The number of carbonyl (C=O) groups is 1. The molecule has 1 aromatic rings. The highest BCUT2D eigenvalue weighted by Crippen LogP contribution is 2.19. The molecule has 4 heteroatoms. The zero-order valence-corrected chi connectivity index (χ0v) is 11.5. The van der Waals surface area contributed by atoms with Crippen LogP contribution in [0.1, 0.15) is 18.1 Å². The molecule has 0 heterocycles. The Hall–Kier alpha value is -1.13. The van der Waals surface area contributed by atoms with Crippen molar-refractivity contribution in [3.8, 4) is 0 Å². The van der Waals surface area contributed by atoms with Crippen molar-refractivity contribution < 1.29 is 9.90 Å². The molecule has 0 unspecified atom stereocenters. The molecule has 1 atom stereocenters. The fourth-order valence-electron chi connectivity index (χ4n) is 1.24. The van der Waals surface area contributed by atoms with Crippen LogP contribution in [0.25, 0.3) is 6.08 Å². The molecule has 0 spiro atoms. The van der Waals surface area contributed by atoms with Crippen LogP contribution >= 0.6 is 15.9 Å². The van der Waals surface area contributed by atoms with Gasteiger partial charge in [-0.05, 0) is 37.1 Å². The van der Waals surface area contributed by atoms with Gasteiger partial charge in [-0.2, -0.15) is 0 Å². The van der Waals surface area contributed by atoms with E-state index >= 15 is 0 Å². The Morgan fingerprint density at radius 1 is 1.59 bits per heavy atom. The van der Waals surface area contributed by atoms with Gasteiger partial charge in [0.05, 0.1) is 6.10 Å². The fourth-order valence-corrected chi connectivity index (χ4v) is 1.87. The number of halogens is 1. The average Bonchev–Trinajstić information content (AvgIpc) is 2.25. The number of aliphatic hydroxyl groups excluding tert-OH is 1. The minimum absolute atomic E-state index is 0.210. The molecule has 1 aromatic carbocycles. The highest BCUT2D eigenvalue weighted by Gasteiger charge is 2.00. The largest absolute Gasteiger partial charge is 0.392 e. The van der Waals surface area contributed by atoms with Crippen LogP contribution < -0.4 is 5.32 Å². The molecule has 0 aliphatic carbocycles. The summed E-state index contributed by atoms with van der Waals surface area (Å²) < 4.78 is 0.956. The van der Waals surface area contributed by atoms with E-state index in [0.29, 0.717) is 0 Å². The first-order valence-electron chi connectivity index (χ1n) is 5.39. The second-order valence-electron chi connectivity index (χ2n) is 3.95. The molecule has 0 aliphatic rings. The lowest BCUT2D eigenvalue weighted by atomic mass is 10.1. The summed E-state index contributed by atoms with van der Waals surface area (Å²) in [6, 6.07) is 5.92. The number of aryl methyl sites for hydroxylation is 1. The summed E-state index contributed by atoms with van der Waals surface area (Å²) in [5.74, 6) is -0.210. The fraction of sp³-hybridized carbons (Fsp3) is 0.308. The number of hydrogen-bond acceptors (Lipinski definition) is 2. The number of aliphatic hydroxyl groups is 1. The molecule has 0 fully saturated rings. The highest BCUT2D eigenvalue weighted by molar-refractivity contribution is 9.10. The van der Waals surface area contributed by atoms with E-state index in [4.69, 9.17) is 5.11 Å². The standard InChI is InChI=1S/C13H16BrNO2/c1-9-3-4-11(12(14)7-9)5-6-13(17)15-8-10(2)16/h3-7,10,16H,8H2,1-2H3,(H,15,17)/b6-5+/t10-/m0/s1. The van der Waals surface area contributed by atoms with Gasteiger partial charge in [0.15, 0.2) is 0 Å². The Bertz CT molecular complexity index is 427. The summed E-state index contributed by atoms with van der Waals surface area (Å²) in [6.45, 7) is 3.90. The summed E-state index contributed by atoms with van der Waals surface area (Å²) in [7, 11) is 0. The van der Waals surface area contributed by atoms with Crippen LogP contribution in [0, 0.1) is 6.92 Å². The highest BCUT2D eigenvalue weighted by atomic mass is 79.9. The summed E-state index contributed by atoms with van der Waals surface area (Å²) in [5, 5.41) is 11.6. The Morgan fingerprint density at radius 3 is 2.88 bits per heavy atom. The predicted octanol–water partition coefficient (Wildman–Crippen LogP) is 2.27. The van der Waals surface area contributed by atoms with Gasteiger partial charge in [-0.15, -0.1) is 0 Å². The Morgan fingerprint density at radius 2 is 2.29 bits per heavy atom. The van der Waals surface area contributed by atoms with Gasteiger partial charge in [0.2, 0.25) is 5.91 Å². The van der Waals surface area contributed by atoms with E-state index in [1.807, 2.05) is 25.1 Å². The Labute approximate surface area is 110 Å². The lowest BCUT2D eigenvalue weighted by Gasteiger charge is -2.04. The monoisotopic (exact) mass is 297 g/mol. The molecule has 2 N–H and O–H groups in total. The number of carbonyl (C=O) groups excluding carboxylic acids is 1. The second-order valence-corrected chi connectivity index (χ2v) is 4.81. The molecule has 0 saturated heterocycles. The van der Waals surface area contributed by atoms with Crippen LogP contribution in [0.2, 0.25) is 0 Å². The van der Waals surface area contributed by atoms with Crippen molar-refractivity contribution >= 4 is 27.9 Å². The summed E-state index contributed by atoms with van der Waals surface area (Å²) in [4.78, 5) is 11.4. The zero-order valence-electron chi connectivity index (χ0n) is 9.90. The van der Waals surface area contributed by atoms with Crippen molar-refractivity contribution in [1.82, 2.24) is 5.32 Å². The van der Waals surface area contributed by atoms with E-state index in [0.717, 1.165) is 15.6 Å². The number of nitrogens with one attached hydrogen (secondary N) is 1. The molecule has 17 heavy (non-hydrogen) atoms. The van der Waals surface area contributed by atoms with Crippen molar-refractivity contribution in [3.63, 3.8) is 0 Å². The SMILES string of the molecule is Cc1ccc(/C=C/C(=O)NC[C@H](C)O)c(Br)c1. The molecular formula is C13H16BrNO2. The molecule has 1 amide bonds. The summed E-state index contributed by atoms with van der Waals surface area (Å²) >= 11 is 3.44. The van der Waals surface area contributed by atoms with E-state index in [1.54, 1.807) is 13.0 Å². The van der Waals surface area contributed by atoms with Gasteiger partial charge in [0.25, 0.3) is 0 Å². The van der Waals surface area contributed by atoms with E-state index < -0.39 is 6.10 Å². The van der Waals surface area contributed by atoms with Crippen molar-refractivity contribution in [2.75, 3.05) is 6.54 Å². The third-order valence-electron chi connectivity index (χ3n) is 2.14. The van der Waals surface area contributed by atoms with Crippen LogP contribution in [0.5, 0.6) is 0 Å². The smallest absolute Gasteiger partial charge is 0.244 e. The molecule has 0 radical (unpaired) electrons. The van der Waals surface area contributed by atoms with Gasteiger partial charge in [-0.1, -0.05) is 28.1 Å². The minimum atomic E-state index is -0.529. The molecule has 0 bridgehead atoms. The molecular weight excluding hydrogens is 282 g/mol. The van der Waals surface area contributed by atoms with Gasteiger partial charge in [-0.25, -0.2) is 0 Å². The van der Waals surface area contributed by atoms with Crippen LogP contribution in [0.3, 0.4) is 0 Å². The zero-order chi connectivity index (χ0) is 12.8. The third kappa shape index (κ3) is 5.15. The van der Waals surface area contributed by atoms with Crippen LogP contribution in [-0.2, 0) is 4.79 Å². The normalized spacial score (nSPS) is 12.7. The van der Waals surface area contributed by atoms with Crippen molar-refractivity contribution in [1.29, 1.82) is 0 Å². The van der Waals surface area contributed by atoms with Crippen molar-refractivity contribution in [2.24, 2.45) is 0 Å². The van der Waals surface area contributed by atoms with Crippen molar-refractivity contribution in [2.45, 2.75) is 20.0 Å². The number of hydrogen-bond donors (Lipinski definition) is 2. The van der Waals surface area contributed by atoms with Gasteiger partial charge < -0.3 is 10.4 Å². The number of amides is 1. The van der Waals surface area contributed by atoms with Crippen LogP contribution in [-0.4, -0.2) is 23.7 Å². The molecule has 1 rings (SSSR count). The molecule has 0 aromatic heterocycles. The first-order chi connectivity index (χ1) is 7.99. The Kier molecular flexibility index (Phi) is 5.38. The lowest BCUT2D eigenvalue weighted by molar-refractivity contribution is -0.116. The number of rotatable bonds is 4. The van der Waals surface area contributed by atoms with Crippen LogP contribution in [0.4, 0.5) is 0 Å². The molecule has 0 saturated carbocycles. The average molecular weight is 298 g/mol. The quantitative estimate of drug-likeness (QED) is 0.838. The second kappa shape index (κ2) is 6.57. The first-order valence-corrected chi connectivity index (χ1v) is 6.18. The maximum atomic E-state index is 11.4. The minimum Gasteiger partial charge on any atom is -0.392 e. The lowest BCUT2D eigenvalue weighted by Crippen LogP contribution is -2.28. The topological polar surface area (TPSA) is 49.3 Å². The Balaban J connectivity index is 2.61. The van der Waals surface area contributed by atoms with E-state index in [9.17, 15) is 4.79 Å². The third-order valence-corrected chi connectivity index (χ3v) is 2.83. The first kappa shape index (κ1) is 13.9. The maximum Gasteiger partial charge on any atom is 0.244 e. The van der Waals surface area contributed by atoms with Gasteiger partial charge >= 0.3 is 0 Å². The van der Waals surface area contributed by atoms with E-state index in [1.165, 1.54) is 6.08 Å². The van der Waals surface area contributed by atoms with Gasteiger partial charge in [-0.3, -0.25) is 4.79 Å². The van der Waals surface area contributed by atoms with Crippen LogP contribution in [0.15, 0.2) is 28.7 Å². The summed E-state index contributed by atoms with van der Waals surface area (Å²) in [5.41, 5.74) is 2.11. The molecule has 92 valence electrons.